The van der Waals surface area contributed by atoms with E-state index in [1.165, 1.54) is 5.56 Å². The molecule has 0 heterocycles. The van der Waals surface area contributed by atoms with Gasteiger partial charge in [0.2, 0.25) is 0 Å². The van der Waals surface area contributed by atoms with Crippen LogP contribution in [-0.2, 0) is 6.42 Å². The van der Waals surface area contributed by atoms with Crippen LogP contribution in [0.2, 0.25) is 0 Å². The Morgan fingerprint density at radius 2 is 1.61 bits per heavy atom. The highest BCUT2D eigenvalue weighted by Gasteiger charge is 2.18. The second-order valence-electron chi connectivity index (χ2n) is 6.66. The van der Waals surface area contributed by atoms with Crippen molar-refractivity contribution in [3.05, 3.63) is 59.7 Å². The fourth-order valence-corrected chi connectivity index (χ4v) is 3.15. The Balaban J connectivity index is 1.94. The van der Waals surface area contributed by atoms with E-state index in [9.17, 15) is 0 Å². The molecular formula is C22H32N4O2. The lowest BCUT2D eigenvalue weighted by molar-refractivity contribution is 0.288. The van der Waals surface area contributed by atoms with Crippen LogP contribution in [0.25, 0.3) is 0 Å². The topological polar surface area (TPSA) is 58.1 Å². The molecule has 6 heteroatoms. The highest BCUT2D eigenvalue weighted by Crippen LogP contribution is 2.27. The molecule has 2 N–H and O–H groups in total. The number of hydrogen-bond acceptors (Lipinski definition) is 4. The molecule has 0 amide bonds. The van der Waals surface area contributed by atoms with Crippen LogP contribution >= 0.6 is 0 Å². The molecule has 1 atom stereocenters. The first-order valence-electron chi connectivity index (χ1n) is 9.46. The maximum atomic E-state index is 5.53. The number of guanidine groups is 1. The summed E-state index contributed by atoms with van der Waals surface area (Å²) in [4.78, 5) is 6.52. The summed E-state index contributed by atoms with van der Waals surface area (Å²) in [5.41, 5.74) is 2.32. The number of ether oxygens (including phenoxy) is 2. The van der Waals surface area contributed by atoms with Crippen LogP contribution in [0.5, 0.6) is 11.5 Å². The van der Waals surface area contributed by atoms with Gasteiger partial charge in [0, 0.05) is 25.7 Å². The minimum atomic E-state index is 0.156. The van der Waals surface area contributed by atoms with Crippen LogP contribution in [0.4, 0.5) is 0 Å². The van der Waals surface area contributed by atoms with E-state index in [4.69, 9.17) is 9.47 Å². The van der Waals surface area contributed by atoms with Crippen LogP contribution in [0.15, 0.2) is 53.5 Å². The normalized spacial score (nSPS) is 12.6. The van der Waals surface area contributed by atoms with Gasteiger partial charge in [-0.3, -0.25) is 4.99 Å². The van der Waals surface area contributed by atoms with Crippen molar-refractivity contribution in [2.75, 3.05) is 48.5 Å². The summed E-state index contributed by atoms with van der Waals surface area (Å²) in [6.45, 7) is 1.48. The van der Waals surface area contributed by atoms with Gasteiger partial charge in [0.15, 0.2) is 5.96 Å². The maximum absolute atomic E-state index is 5.53. The third kappa shape index (κ3) is 5.89. The van der Waals surface area contributed by atoms with Crippen LogP contribution in [0.1, 0.15) is 17.2 Å². The lowest BCUT2D eigenvalue weighted by Crippen LogP contribution is -2.42. The molecule has 0 spiro atoms. The van der Waals surface area contributed by atoms with E-state index < -0.39 is 0 Å². The number of nitrogens with one attached hydrogen (secondary N) is 2. The van der Waals surface area contributed by atoms with Crippen molar-refractivity contribution >= 4 is 5.96 Å². The summed E-state index contributed by atoms with van der Waals surface area (Å²) in [5.74, 6) is 2.58. The van der Waals surface area contributed by atoms with Crippen molar-refractivity contribution < 1.29 is 9.47 Å². The van der Waals surface area contributed by atoms with E-state index in [-0.39, 0.29) is 6.04 Å². The van der Waals surface area contributed by atoms with Crippen molar-refractivity contribution in [3.63, 3.8) is 0 Å². The van der Waals surface area contributed by atoms with Crippen LogP contribution in [0.3, 0.4) is 0 Å². The van der Waals surface area contributed by atoms with Crippen molar-refractivity contribution in [2.24, 2.45) is 4.99 Å². The Kier molecular flexibility index (Phi) is 8.62. The molecule has 0 aliphatic rings. The zero-order valence-electron chi connectivity index (χ0n) is 17.5. The van der Waals surface area contributed by atoms with Gasteiger partial charge in [-0.15, -0.1) is 0 Å². The molecule has 1 unspecified atom stereocenters. The predicted octanol–water partition coefficient (Wildman–Crippen LogP) is 2.71. The maximum Gasteiger partial charge on any atom is 0.191 e. The Morgan fingerprint density at radius 1 is 0.964 bits per heavy atom. The van der Waals surface area contributed by atoms with Gasteiger partial charge in [0.05, 0.1) is 20.3 Å². The van der Waals surface area contributed by atoms with Gasteiger partial charge in [-0.05, 0) is 38.2 Å². The molecule has 2 rings (SSSR count). The largest absolute Gasteiger partial charge is 0.496 e. The minimum Gasteiger partial charge on any atom is -0.496 e. The number of hydrogen-bond donors (Lipinski definition) is 2. The Hall–Kier alpha value is -2.73. The highest BCUT2D eigenvalue weighted by atomic mass is 16.5. The van der Waals surface area contributed by atoms with E-state index in [2.05, 4.69) is 46.8 Å². The van der Waals surface area contributed by atoms with E-state index in [1.54, 1.807) is 21.3 Å². The SMILES string of the molecule is CN=C(NCCc1ccccc1OC)NCC(c1ccccc1OC)N(C)C. The second kappa shape index (κ2) is 11.2. The average molecular weight is 385 g/mol. The summed E-state index contributed by atoms with van der Waals surface area (Å²) in [6, 6.07) is 16.3. The lowest BCUT2D eigenvalue weighted by Gasteiger charge is -2.27. The summed E-state index contributed by atoms with van der Waals surface area (Å²) < 4.78 is 10.9. The summed E-state index contributed by atoms with van der Waals surface area (Å²) in [6.07, 6.45) is 0.855. The summed E-state index contributed by atoms with van der Waals surface area (Å²) in [5, 5.41) is 6.80. The van der Waals surface area contributed by atoms with E-state index in [1.807, 2.05) is 36.4 Å². The summed E-state index contributed by atoms with van der Waals surface area (Å²) >= 11 is 0. The van der Waals surface area contributed by atoms with Gasteiger partial charge in [-0.2, -0.15) is 0 Å². The number of aliphatic imine (C=N–C) groups is 1. The van der Waals surface area contributed by atoms with Gasteiger partial charge in [0.25, 0.3) is 0 Å². The fourth-order valence-electron chi connectivity index (χ4n) is 3.15. The molecule has 0 radical (unpaired) electrons. The Morgan fingerprint density at radius 3 is 2.25 bits per heavy atom. The molecule has 0 saturated carbocycles. The number of likely N-dealkylation sites (N-methyl/N-ethyl adjacent to an activating group) is 1. The van der Waals surface area contributed by atoms with Gasteiger partial charge in [0.1, 0.15) is 11.5 Å². The zero-order valence-corrected chi connectivity index (χ0v) is 17.5. The Bertz CT molecular complexity index is 762. The molecule has 0 saturated heterocycles. The van der Waals surface area contributed by atoms with Crippen LogP contribution in [0, 0.1) is 0 Å². The van der Waals surface area contributed by atoms with Crippen LogP contribution in [-0.4, -0.2) is 59.3 Å². The number of rotatable bonds is 9. The molecule has 0 bridgehead atoms. The van der Waals surface area contributed by atoms with Crippen molar-refractivity contribution in [3.8, 4) is 11.5 Å². The number of methoxy groups -OCH3 is 2. The number of benzene rings is 2. The molecule has 2 aromatic carbocycles. The van der Waals surface area contributed by atoms with Crippen molar-refractivity contribution in [1.29, 1.82) is 0 Å². The molecule has 0 aliphatic heterocycles. The molecule has 28 heavy (non-hydrogen) atoms. The van der Waals surface area contributed by atoms with E-state index in [0.717, 1.165) is 36.0 Å². The first-order valence-corrected chi connectivity index (χ1v) is 9.46. The van der Waals surface area contributed by atoms with E-state index in [0.29, 0.717) is 6.54 Å². The van der Waals surface area contributed by atoms with Gasteiger partial charge >= 0.3 is 0 Å². The van der Waals surface area contributed by atoms with Crippen molar-refractivity contribution in [2.45, 2.75) is 12.5 Å². The third-order valence-electron chi connectivity index (χ3n) is 4.69. The number of para-hydroxylation sites is 2. The third-order valence-corrected chi connectivity index (χ3v) is 4.69. The predicted molar refractivity (Wildman–Crippen MR) is 115 cm³/mol. The first-order chi connectivity index (χ1) is 13.6. The van der Waals surface area contributed by atoms with Gasteiger partial charge in [-0.25, -0.2) is 0 Å². The molecule has 0 fully saturated rings. The first kappa shape index (κ1) is 21.6. The van der Waals surface area contributed by atoms with Gasteiger partial charge < -0.3 is 25.0 Å². The highest BCUT2D eigenvalue weighted by molar-refractivity contribution is 5.79. The van der Waals surface area contributed by atoms with E-state index >= 15 is 0 Å². The molecule has 6 nitrogen and oxygen atoms in total. The average Bonchev–Trinajstić information content (AvgIpc) is 2.73. The molecule has 0 aromatic heterocycles. The molecule has 0 aliphatic carbocycles. The van der Waals surface area contributed by atoms with Crippen LogP contribution < -0.4 is 20.1 Å². The molecule has 152 valence electrons. The fraction of sp³-hybridized carbons (Fsp3) is 0.409. The standard InChI is InChI=1S/C22H32N4O2/c1-23-22(24-15-14-17-10-6-8-12-20(17)27-4)25-16-19(26(2)3)18-11-7-9-13-21(18)28-5/h6-13,19H,14-16H2,1-5H3,(H2,23,24,25). The zero-order chi connectivity index (χ0) is 20.4. The summed E-state index contributed by atoms with van der Waals surface area (Å²) in [7, 11) is 9.32. The second-order valence-corrected chi connectivity index (χ2v) is 6.66. The lowest BCUT2D eigenvalue weighted by atomic mass is 10.0. The Labute approximate surface area is 168 Å². The number of nitrogens with zero attached hydrogens (tertiary/aromatic N) is 2. The molecular weight excluding hydrogens is 352 g/mol. The molecule has 2 aromatic rings. The smallest absolute Gasteiger partial charge is 0.191 e. The van der Waals surface area contributed by atoms with Crippen molar-refractivity contribution in [1.82, 2.24) is 15.5 Å². The van der Waals surface area contributed by atoms with Gasteiger partial charge in [-0.1, -0.05) is 36.4 Å². The monoisotopic (exact) mass is 384 g/mol. The quantitative estimate of drug-likeness (QED) is 0.514. The minimum absolute atomic E-state index is 0.156.